The molecule has 2 aromatic heterocycles. The standard InChI is InChI=1S/C21H33N5O/c1-7-9-10-18(16(6)15(5)8-2)27-21-13-22-12-20(24-21)23-19-11-17(14(3)4)25-26-19/h7,9,11-16,18H,8,10H2,1-6H3,(H2,23,24,25,26)/b9-7+. The Bertz CT molecular complexity index is 725. The van der Waals surface area contributed by atoms with Gasteiger partial charge in [-0.2, -0.15) is 10.1 Å². The van der Waals surface area contributed by atoms with Gasteiger partial charge in [0.2, 0.25) is 5.88 Å². The molecule has 0 saturated heterocycles. The molecule has 0 radical (unpaired) electrons. The van der Waals surface area contributed by atoms with Gasteiger partial charge >= 0.3 is 0 Å². The third-order valence-electron chi connectivity index (χ3n) is 5.09. The average Bonchev–Trinajstić information content (AvgIpc) is 3.13. The van der Waals surface area contributed by atoms with Crippen molar-refractivity contribution in [1.29, 1.82) is 0 Å². The molecule has 3 unspecified atom stereocenters. The molecule has 2 rings (SSSR count). The van der Waals surface area contributed by atoms with Gasteiger partial charge in [-0.1, -0.05) is 53.2 Å². The van der Waals surface area contributed by atoms with Gasteiger partial charge in [0.25, 0.3) is 0 Å². The summed E-state index contributed by atoms with van der Waals surface area (Å²) in [5, 5.41) is 10.5. The molecule has 27 heavy (non-hydrogen) atoms. The second-order valence-electron chi connectivity index (χ2n) is 7.44. The van der Waals surface area contributed by atoms with Crippen LogP contribution in [0.4, 0.5) is 11.6 Å². The van der Waals surface area contributed by atoms with Crippen LogP contribution in [0.1, 0.15) is 66.0 Å². The number of hydrogen-bond acceptors (Lipinski definition) is 5. The molecule has 6 nitrogen and oxygen atoms in total. The largest absolute Gasteiger partial charge is 0.473 e. The number of aromatic nitrogens is 4. The van der Waals surface area contributed by atoms with E-state index in [9.17, 15) is 0 Å². The van der Waals surface area contributed by atoms with Crippen molar-refractivity contribution in [2.45, 2.75) is 66.4 Å². The highest BCUT2D eigenvalue weighted by Gasteiger charge is 2.23. The Kier molecular flexibility index (Phi) is 7.82. The van der Waals surface area contributed by atoms with Crippen molar-refractivity contribution >= 4 is 11.6 Å². The first kappa shape index (κ1) is 20.9. The number of allylic oxidation sites excluding steroid dienone is 1. The molecular weight excluding hydrogens is 338 g/mol. The minimum Gasteiger partial charge on any atom is -0.473 e. The number of hydrogen-bond donors (Lipinski definition) is 2. The third kappa shape index (κ3) is 6.08. The van der Waals surface area contributed by atoms with Crippen molar-refractivity contribution in [3.8, 4) is 5.88 Å². The normalized spacial score (nSPS) is 15.1. The van der Waals surface area contributed by atoms with Crippen LogP contribution in [0.3, 0.4) is 0 Å². The maximum Gasteiger partial charge on any atom is 0.234 e. The lowest BCUT2D eigenvalue weighted by Gasteiger charge is -2.28. The Hall–Kier alpha value is -2.37. The van der Waals surface area contributed by atoms with Crippen LogP contribution < -0.4 is 10.1 Å². The summed E-state index contributed by atoms with van der Waals surface area (Å²) < 4.78 is 6.23. The molecule has 0 spiro atoms. The Balaban J connectivity index is 2.11. The molecule has 2 N–H and O–H groups in total. The van der Waals surface area contributed by atoms with E-state index in [2.05, 4.69) is 72.3 Å². The zero-order valence-electron chi connectivity index (χ0n) is 17.4. The first-order valence-corrected chi connectivity index (χ1v) is 9.86. The van der Waals surface area contributed by atoms with E-state index >= 15 is 0 Å². The van der Waals surface area contributed by atoms with Crippen LogP contribution in [-0.2, 0) is 0 Å². The minimum atomic E-state index is 0.0682. The summed E-state index contributed by atoms with van der Waals surface area (Å²) >= 11 is 0. The fourth-order valence-electron chi connectivity index (χ4n) is 2.83. The van der Waals surface area contributed by atoms with Crippen molar-refractivity contribution < 1.29 is 4.74 Å². The summed E-state index contributed by atoms with van der Waals surface area (Å²) in [6.07, 6.45) is 9.61. The molecular formula is C21H33N5O. The summed E-state index contributed by atoms with van der Waals surface area (Å²) in [6, 6.07) is 1.99. The molecule has 2 heterocycles. The molecule has 148 valence electrons. The fraction of sp³-hybridized carbons (Fsp3) is 0.571. The number of nitrogens with one attached hydrogen (secondary N) is 2. The van der Waals surface area contributed by atoms with Gasteiger partial charge in [-0.05, 0) is 24.7 Å². The maximum absolute atomic E-state index is 6.23. The SMILES string of the molecule is C/C=C/CC(Oc1cncc(Nc2cc(C(C)C)[nH]n2)n1)C(C)C(C)CC. The van der Waals surface area contributed by atoms with Crippen LogP contribution in [0.2, 0.25) is 0 Å². The van der Waals surface area contributed by atoms with E-state index in [-0.39, 0.29) is 6.10 Å². The highest BCUT2D eigenvalue weighted by molar-refractivity contribution is 5.51. The van der Waals surface area contributed by atoms with E-state index < -0.39 is 0 Å². The number of nitrogens with zero attached hydrogens (tertiary/aromatic N) is 3. The van der Waals surface area contributed by atoms with Gasteiger partial charge in [0.05, 0.1) is 12.4 Å². The number of rotatable bonds is 10. The molecule has 2 aromatic rings. The highest BCUT2D eigenvalue weighted by Crippen LogP contribution is 2.25. The fourth-order valence-corrected chi connectivity index (χ4v) is 2.83. The zero-order valence-corrected chi connectivity index (χ0v) is 17.4. The highest BCUT2D eigenvalue weighted by atomic mass is 16.5. The second-order valence-corrected chi connectivity index (χ2v) is 7.44. The van der Waals surface area contributed by atoms with Crippen LogP contribution in [-0.4, -0.2) is 26.3 Å². The second kappa shape index (κ2) is 10.1. The van der Waals surface area contributed by atoms with Crippen LogP contribution in [0.15, 0.2) is 30.6 Å². The van der Waals surface area contributed by atoms with Crippen molar-refractivity contribution in [2.75, 3.05) is 5.32 Å². The molecule has 0 aliphatic carbocycles. The predicted molar refractivity (Wildman–Crippen MR) is 110 cm³/mol. The van der Waals surface area contributed by atoms with Gasteiger partial charge in [0.15, 0.2) is 11.6 Å². The molecule has 0 amide bonds. The summed E-state index contributed by atoms with van der Waals surface area (Å²) in [5.74, 6) is 3.27. The lowest BCUT2D eigenvalue weighted by molar-refractivity contribution is 0.106. The van der Waals surface area contributed by atoms with Crippen molar-refractivity contribution in [1.82, 2.24) is 20.2 Å². The summed E-state index contributed by atoms with van der Waals surface area (Å²) in [6.45, 7) is 13.0. The molecule has 3 atom stereocenters. The minimum absolute atomic E-state index is 0.0682. The third-order valence-corrected chi connectivity index (χ3v) is 5.09. The van der Waals surface area contributed by atoms with Gasteiger partial charge in [-0.25, -0.2) is 0 Å². The lowest BCUT2D eigenvalue weighted by atomic mass is 9.87. The first-order valence-electron chi connectivity index (χ1n) is 9.86. The Labute approximate surface area is 162 Å². The van der Waals surface area contributed by atoms with Crippen LogP contribution in [0.5, 0.6) is 5.88 Å². The van der Waals surface area contributed by atoms with Crippen LogP contribution in [0.25, 0.3) is 0 Å². The van der Waals surface area contributed by atoms with Crippen molar-refractivity contribution in [2.24, 2.45) is 11.8 Å². The van der Waals surface area contributed by atoms with Gasteiger partial charge in [0.1, 0.15) is 6.10 Å². The van der Waals surface area contributed by atoms with Crippen molar-refractivity contribution in [3.05, 3.63) is 36.3 Å². The molecule has 0 aromatic carbocycles. The summed E-state index contributed by atoms with van der Waals surface area (Å²) in [5.41, 5.74) is 1.08. The Morgan fingerprint density at radius 3 is 2.59 bits per heavy atom. The zero-order chi connectivity index (χ0) is 19.8. The van der Waals surface area contributed by atoms with E-state index in [0.717, 1.165) is 24.4 Å². The Morgan fingerprint density at radius 1 is 1.19 bits per heavy atom. The van der Waals surface area contributed by atoms with E-state index in [4.69, 9.17) is 4.74 Å². The number of H-pyrrole nitrogens is 1. The first-order chi connectivity index (χ1) is 12.9. The summed E-state index contributed by atoms with van der Waals surface area (Å²) in [4.78, 5) is 8.84. The van der Waals surface area contributed by atoms with E-state index in [0.29, 0.717) is 29.5 Å². The Morgan fingerprint density at radius 2 is 1.96 bits per heavy atom. The van der Waals surface area contributed by atoms with Gasteiger partial charge < -0.3 is 10.1 Å². The van der Waals surface area contributed by atoms with E-state index in [1.54, 1.807) is 12.4 Å². The smallest absolute Gasteiger partial charge is 0.234 e. The van der Waals surface area contributed by atoms with Crippen LogP contribution >= 0.6 is 0 Å². The lowest BCUT2D eigenvalue weighted by Crippen LogP contribution is -2.29. The van der Waals surface area contributed by atoms with E-state index in [1.165, 1.54) is 0 Å². The molecule has 0 fully saturated rings. The number of ether oxygens (including phenoxy) is 1. The van der Waals surface area contributed by atoms with Crippen molar-refractivity contribution in [3.63, 3.8) is 0 Å². The molecule has 0 saturated carbocycles. The van der Waals surface area contributed by atoms with E-state index in [1.807, 2.05) is 13.0 Å². The number of aromatic amines is 1. The number of anilines is 2. The molecule has 0 aliphatic heterocycles. The van der Waals surface area contributed by atoms with Gasteiger partial charge in [-0.15, -0.1) is 0 Å². The maximum atomic E-state index is 6.23. The van der Waals surface area contributed by atoms with Gasteiger partial charge in [0, 0.05) is 18.2 Å². The van der Waals surface area contributed by atoms with Gasteiger partial charge in [-0.3, -0.25) is 10.1 Å². The average molecular weight is 372 g/mol. The molecule has 0 bridgehead atoms. The quantitative estimate of drug-likeness (QED) is 0.542. The summed E-state index contributed by atoms with van der Waals surface area (Å²) in [7, 11) is 0. The topological polar surface area (TPSA) is 75.7 Å². The monoisotopic (exact) mass is 371 g/mol. The molecule has 0 aliphatic rings. The van der Waals surface area contributed by atoms with Crippen LogP contribution in [0, 0.1) is 11.8 Å². The predicted octanol–water partition coefficient (Wildman–Crippen LogP) is 5.46. The molecule has 6 heteroatoms.